The van der Waals surface area contributed by atoms with E-state index in [-0.39, 0.29) is 11.8 Å². The molecule has 0 atom stereocenters. The summed E-state index contributed by atoms with van der Waals surface area (Å²) in [6, 6.07) is 12.1. The third kappa shape index (κ3) is 3.54. The van der Waals surface area contributed by atoms with Gasteiger partial charge in [0.2, 0.25) is 5.91 Å². The van der Waals surface area contributed by atoms with E-state index in [9.17, 15) is 4.79 Å². The van der Waals surface area contributed by atoms with Crippen molar-refractivity contribution in [3.8, 4) is 0 Å². The zero-order valence-corrected chi connectivity index (χ0v) is 12.9. The number of hydrogen-bond acceptors (Lipinski definition) is 3. The Kier molecular flexibility index (Phi) is 4.53. The van der Waals surface area contributed by atoms with E-state index in [1.807, 2.05) is 35.9 Å². The molecule has 116 valence electrons. The molecule has 1 saturated heterocycles. The number of anilines is 1. The molecule has 22 heavy (non-hydrogen) atoms. The second-order valence-electron chi connectivity index (χ2n) is 5.83. The maximum absolute atomic E-state index is 12.4. The number of nitrogens with zero attached hydrogens (tertiary/aromatic N) is 2. The van der Waals surface area contributed by atoms with Crippen molar-refractivity contribution in [2.24, 2.45) is 5.92 Å². The monoisotopic (exact) mass is 298 g/mol. The van der Waals surface area contributed by atoms with E-state index < -0.39 is 0 Å². The quantitative estimate of drug-likeness (QED) is 0.909. The highest BCUT2D eigenvalue weighted by molar-refractivity contribution is 5.91. The molecule has 1 fully saturated rings. The summed E-state index contributed by atoms with van der Waals surface area (Å²) in [6.45, 7) is 4.44. The van der Waals surface area contributed by atoms with Crippen LogP contribution in [0.5, 0.6) is 0 Å². The molecule has 3 rings (SSSR count). The van der Waals surface area contributed by atoms with Gasteiger partial charge >= 0.3 is 0 Å². The molecule has 0 radical (unpaired) electrons. The van der Waals surface area contributed by atoms with Crippen LogP contribution < -0.4 is 10.6 Å². The summed E-state index contributed by atoms with van der Waals surface area (Å²) < 4.78 is 1.86. The Morgan fingerprint density at radius 3 is 2.77 bits per heavy atom. The molecule has 1 aliphatic rings. The predicted molar refractivity (Wildman–Crippen MR) is 86.7 cm³/mol. The standard InChI is InChI=1S/C17H22N4O/c1-13-11-16(19-17(22)15-7-9-18-10-8-15)21(20-13)12-14-5-3-2-4-6-14/h2-6,11,15,18H,7-10,12H2,1H3,(H,19,22). The second kappa shape index (κ2) is 6.75. The van der Waals surface area contributed by atoms with Crippen molar-refractivity contribution in [2.75, 3.05) is 18.4 Å². The smallest absolute Gasteiger partial charge is 0.228 e. The Balaban J connectivity index is 1.72. The van der Waals surface area contributed by atoms with E-state index >= 15 is 0 Å². The molecule has 1 amide bonds. The number of hydrogen-bond donors (Lipinski definition) is 2. The molecule has 0 spiro atoms. The van der Waals surface area contributed by atoms with Gasteiger partial charge in [0.15, 0.2) is 0 Å². The van der Waals surface area contributed by atoms with Gasteiger partial charge in [-0.3, -0.25) is 4.79 Å². The summed E-state index contributed by atoms with van der Waals surface area (Å²) in [4.78, 5) is 12.4. The predicted octanol–water partition coefficient (Wildman–Crippen LogP) is 2.18. The van der Waals surface area contributed by atoms with E-state index in [4.69, 9.17) is 0 Å². The first-order valence-electron chi connectivity index (χ1n) is 7.82. The normalized spacial score (nSPS) is 15.7. The average Bonchev–Trinajstić information content (AvgIpc) is 2.88. The summed E-state index contributed by atoms with van der Waals surface area (Å²) >= 11 is 0. The van der Waals surface area contributed by atoms with Crippen LogP contribution in [0.4, 0.5) is 5.82 Å². The van der Waals surface area contributed by atoms with Crippen LogP contribution >= 0.6 is 0 Å². The van der Waals surface area contributed by atoms with E-state index in [1.54, 1.807) is 0 Å². The van der Waals surface area contributed by atoms with Gasteiger partial charge in [-0.15, -0.1) is 0 Å². The molecule has 0 unspecified atom stereocenters. The molecule has 1 aliphatic heterocycles. The van der Waals surface area contributed by atoms with Gasteiger partial charge in [0.05, 0.1) is 12.2 Å². The lowest BCUT2D eigenvalue weighted by atomic mass is 9.97. The van der Waals surface area contributed by atoms with Crippen LogP contribution in [0, 0.1) is 12.8 Å². The highest BCUT2D eigenvalue weighted by Gasteiger charge is 2.22. The Morgan fingerprint density at radius 2 is 2.05 bits per heavy atom. The first kappa shape index (κ1) is 14.8. The van der Waals surface area contributed by atoms with Gasteiger partial charge in [0, 0.05) is 12.0 Å². The van der Waals surface area contributed by atoms with E-state index in [2.05, 4.69) is 27.9 Å². The number of amides is 1. The molecular weight excluding hydrogens is 276 g/mol. The van der Waals surface area contributed by atoms with Crippen molar-refractivity contribution in [3.63, 3.8) is 0 Å². The van der Waals surface area contributed by atoms with Gasteiger partial charge in [0.1, 0.15) is 5.82 Å². The first-order chi connectivity index (χ1) is 10.7. The van der Waals surface area contributed by atoms with Crippen LogP contribution in [-0.4, -0.2) is 28.8 Å². The molecule has 5 nitrogen and oxygen atoms in total. The van der Waals surface area contributed by atoms with Gasteiger partial charge in [-0.25, -0.2) is 4.68 Å². The molecule has 0 aliphatic carbocycles. The number of aromatic nitrogens is 2. The van der Waals surface area contributed by atoms with E-state index in [1.165, 1.54) is 5.56 Å². The van der Waals surface area contributed by atoms with Crippen molar-refractivity contribution in [3.05, 3.63) is 47.7 Å². The maximum Gasteiger partial charge on any atom is 0.228 e. The summed E-state index contributed by atoms with van der Waals surface area (Å²) in [5, 5.41) is 10.8. The topological polar surface area (TPSA) is 59.0 Å². The van der Waals surface area contributed by atoms with Crippen LogP contribution in [0.15, 0.2) is 36.4 Å². The number of nitrogens with one attached hydrogen (secondary N) is 2. The Bertz CT molecular complexity index is 629. The maximum atomic E-state index is 12.4. The van der Waals surface area contributed by atoms with Gasteiger partial charge in [-0.2, -0.15) is 5.10 Å². The van der Waals surface area contributed by atoms with Crippen LogP contribution in [-0.2, 0) is 11.3 Å². The minimum absolute atomic E-state index is 0.0987. The molecule has 0 saturated carbocycles. The van der Waals surface area contributed by atoms with Crippen molar-refractivity contribution in [1.82, 2.24) is 15.1 Å². The highest BCUT2D eigenvalue weighted by Crippen LogP contribution is 2.17. The molecule has 0 bridgehead atoms. The van der Waals surface area contributed by atoms with Crippen LogP contribution in [0.2, 0.25) is 0 Å². The summed E-state index contributed by atoms with van der Waals surface area (Å²) in [6.07, 6.45) is 1.80. The van der Waals surface area contributed by atoms with Crippen LogP contribution in [0.3, 0.4) is 0 Å². The lowest BCUT2D eigenvalue weighted by Gasteiger charge is -2.21. The Hall–Kier alpha value is -2.14. The Morgan fingerprint density at radius 1 is 1.32 bits per heavy atom. The molecular formula is C17H22N4O. The van der Waals surface area contributed by atoms with E-state index in [0.717, 1.165) is 37.4 Å². The number of piperidine rings is 1. The zero-order chi connectivity index (χ0) is 15.4. The molecule has 2 heterocycles. The molecule has 1 aromatic carbocycles. The fourth-order valence-corrected chi connectivity index (χ4v) is 2.84. The summed E-state index contributed by atoms with van der Waals surface area (Å²) in [7, 11) is 0. The van der Waals surface area contributed by atoms with Gasteiger partial charge < -0.3 is 10.6 Å². The lowest BCUT2D eigenvalue weighted by molar-refractivity contribution is -0.120. The first-order valence-corrected chi connectivity index (χ1v) is 7.82. The fourth-order valence-electron chi connectivity index (χ4n) is 2.84. The minimum Gasteiger partial charge on any atom is -0.317 e. The highest BCUT2D eigenvalue weighted by atomic mass is 16.2. The van der Waals surface area contributed by atoms with Crippen molar-refractivity contribution in [2.45, 2.75) is 26.3 Å². The third-order valence-electron chi connectivity index (χ3n) is 4.04. The number of aryl methyl sites for hydroxylation is 1. The third-order valence-corrected chi connectivity index (χ3v) is 4.04. The van der Waals surface area contributed by atoms with Crippen molar-refractivity contribution >= 4 is 11.7 Å². The van der Waals surface area contributed by atoms with Gasteiger partial charge in [-0.05, 0) is 38.4 Å². The number of rotatable bonds is 4. The van der Waals surface area contributed by atoms with Crippen LogP contribution in [0.1, 0.15) is 24.1 Å². The molecule has 1 aromatic heterocycles. The Labute approximate surface area is 130 Å². The largest absolute Gasteiger partial charge is 0.317 e. The van der Waals surface area contributed by atoms with Gasteiger partial charge in [0.25, 0.3) is 0 Å². The second-order valence-corrected chi connectivity index (χ2v) is 5.83. The fraction of sp³-hybridized carbons (Fsp3) is 0.412. The van der Waals surface area contributed by atoms with Gasteiger partial charge in [-0.1, -0.05) is 30.3 Å². The summed E-state index contributed by atoms with van der Waals surface area (Å²) in [5.74, 6) is 0.988. The van der Waals surface area contributed by atoms with E-state index in [0.29, 0.717) is 6.54 Å². The molecule has 5 heteroatoms. The molecule has 2 aromatic rings. The number of benzene rings is 1. The minimum atomic E-state index is 0.0987. The van der Waals surface area contributed by atoms with Crippen molar-refractivity contribution < 1.29 is 4.79 Å². The number of carbonyl (C=O) groups excluding carboxylic acids is 1. The SMILES string of the molecule is Cc1cc(NC(=O)C2CCNCC2)n(Cc2ccccc2)n1. The van der Waals surface area contributed by atoms with Crippen molar-refractivity contribution in [1.29, 1.82) is 0 Å². The van der Waals surface area contributed by atoms with Crippen LogP contribution in [0.25, 0.3) is 0 Å². The summed E-state index contributed by atoms with van der Waals surface area (Å²) in [5.41, 5.74) is 2.08. The average molecular weight is 298 g/mol. The molecule has 2 N–H and O–H groups in total. The lowest BCUT2D eigenvalue weighted by Crippen LogP contribution is -2.35. The zero-order valence-electron chi connectivity index (χ0n) is 12.9. The number of carbonyl (C=O) groups is 1.